The van der Waals surface area contributed by atoms with Crippen LogP contribution in [0.5, 0.6) is 5.75 Å². The second-order valence-corrected chi connectivity index (χ2v) is 8.04. The van der Waals surface area contributed by atoms with E-state index in [-0.39, 0.29) is 24.7 Å². The number of benzene rings is 1. The molecule has 30 heavy (non-hydrogen) atoms. The summed E-state index contributed by atoms with van der Waals surface area (Å²) >= 11 is 0. The molecular formula is C22H28N4O4. The SMILES string of the molecule is Cc1nc(C2(NC(=O)CCC(=O)N3CCOc4ccccc43)CCCCCC2)no1. The van der Waals surface area contributed by atoms with E-state index in [9.17, 15) is 9.59 Å². The lowest BCUT2D eigenvalue weighted by molar-refractivity contribution is -0.127. The number of carbonyl (C=O) groups excluding carboxylic acids is 2. The number of nitrogens with zero attached hydrogens (tertiary/aromatic N) is 3. The molecule has 2 amide bonds. The largest absolute Gasteiger partial charge is 0.490 e. The Labute approximate surface area is 176 Å². The number of anilines is 1. The van der Waals surface area contributed by atoms with Gasteiger partial charge in [-0.15, -0.1) is 0 Å². The van der Waals surface area contributed by atoms with Gasteiger partial charge in [0.05, 0.1) is 12.2 Å². The first-order valence-corrected chi connectivity index (χ1v) is 10.7. The molecule has 1 aliphatic carbocycles. The van der Waals surface area contributed by atoms with Crippen molar-refractivity contribution in [3.05, 3.63) is 36.0 Å². The first-order chi connectivity index (χ1) is 14.6. The molecule has 2 aliphatic rings. The van der Waals surface area contributed by atoms with Crippen molar-refractivity contribution >= 4 is 17.5 Å². The van der Waals surface area contributed by atoms with Crippen LogP contribution < -0.4 is 15.0 Å². The molecule has 0 bridgehead atoms. The Morgan fingerprint density at radius 1 is 1.13 bits per heavy atom. The summed E-state index contributed by atoms with van der Waals surface area (Å²) < 4.78 is 10.8. The maximum Gasteiger partial charge on any atom is 0.227 e. The van der Waals surface area contributed by atoms with E-state index in [0.717, 1.165) is 44.2 Å². The number of aryl methyl sites for hydroxylation is 1. The van der Waals surface area contributed by atoms with Crippen LogP contribution in [0.15, 0.2) is 28.8 Å². The number of nitrogens with one attached hydrogen (secondary N) is 1. The van der Waals surface area contributed by atoms with Crippen molar-refractivity contribution in [1.82, 2.24) is 15.5 Å². The minimum absolute atomic E-state index is 0.0776. The number of ether oxygens (including phenoxy) is 1. The van der Waals surface area contributed by atoms with Crippen LogP contribution in [0.4, 0.5) is 5.69 Å². The number of rotatable bonds is 5. The normalized spacial score (nSPS) is 18.1. The first-order valence-electron chi connectivity index (χ1n) is 10.7. The second kappa shape index (κ2) is 8.85. The Bertz CT molecular complexity index is 902. The number of hydrogen-bond acceptors (Lipinski definition) is 6. The maximum absolute atomic E-state index is 12.8. The van der Waals surface area contributed by atoms with Gasteiger partial charge in [0, 0.05) is 19.8 Å². The van der Waals surface area contributed by atoms with Gasteiger partial charge >= 0.3 is 0 Å². The van der Waals surface area contributed by atoms with Crippen molar-refractivity contribution in [1.29, 1.82) is 0 Å². The van der Waals surface area contributed by atoms with Crippen molar-refractivity contribution in [3.63, 3.8) is 0 Å². The van der Waals surface area contributed by atoms with E-state index >= 15 is 0 Å². The standard InChI is InChI=1S/C22H28N4O4/c1-16-23-21(25-30-16)22(12-6-2-3-7-13-22)24-19(27)10-11-20(28)26-14-15-29-18-9-5-4-8-17(18)26/h4-5,8-9H,2-3,6-7,10-15H2,1H3,(H,24,27). The fourth-order valence-electron chi connectivity index (χ4n) is 4.34. The van der Waals surface area contributed by atoms with E-state index in [1.54, 1.807) is 11.8 Å². The van der Waals surface area contributed by atoms with E-state index in [1.165, 1.54) is 0 Å². The number of fused-ring (bicyclic) bond motifs is 1. The van der Waals surface area contributed by atoms with Crippen LogP contribution in [-0.2, 0) is 15.1 Å². The fraction of sp³-hybridized carbons (Fsp3) is 0.545. The lowest BCUT2D eigenvalue weighted by Crippen LogP contribution is -2.47. The third-order valence-corrected chi connectivity index (χ3v) is 5.89. The van der Waals surface area contributed by atoms with Crippen molar-refractivity contribution in [2.75, 3.05) is 18.1 Å². The van der Waals surface area contributed by atoms with Gasteiger partial charge in [-0.3, -0.25) is 9.59 Å². The van der Waals surface area contributed by atoms with E-state index < -0.39 is 5.54 Å². The summed E-state index contributed by atoms with van der Waals surface area (Å²) in [4.78, 5) is 31.8. The van der Waals surface area contributed by atoms with Crippen molar-refractivity contribution in [2.45, 2.75) is 63.8 Å². The zero-order chi connectivity index (χ0) is 21.0. The van der Waals surface area contributed by atoms with Crippen LogP contribution in [0.25, 0.3) is 0 Å². The van der Waals surface area contributed by atoms with E-state index in [2.05, 4.69) is 15.5 Å². The molecule has 4 rings (SSSR count). The van der Waals surface area contributed by atoms with E-state index in [4.69, 9.17) is 9.26 Å². The van der Waals surface area contributed by atoms with Gasteiger partial charge in [-0.1, -0.05) is 43.0 Å². The summed E-state index contributed by atoms with van der Waals surface area (Å²) in [5.74, 6) is 1.50. The first kappa shape index (κ1) is 20.4. The van der Waals surface area contributed by atoms with Gasteiger partial charge < -0.3 is 19.5 Å². The fourth-order valence-corrected chi connectivity index (χ4v) is 4.34. The highest BCUT2D eigenvalue weighted by Gasteiger charge is 2.38. The van der Waals surface area contributed by atoms with Gasteiger partial charge in [-0.2, -0.15) is 4.98 Å². The molecule has 1 fully saturated rings. The smallest absolute Gasteiger partial charge is 0.227 e. The molecule has 1 aliphatic heterocycles. The molecule has 0 atom stereocenters. The quantitative estimate of drug-likeness (QED) is 0.757. The number of hydrogen-bond donors (Lipinski definition) is 1. The highest BCUT2D eigenvalue weighted by molar-refractivity contribution is 5.97. The molecular weight excluding hydrogens is 384 g/mol. The molecule has 1 saturated carbocycles. The van der Waals surface area contributed by atoms with E-state index in [0.29, 0.717) is 30.6 Å². The molecule has 1 aromatic carbocycles. The summed E-state index contributed by atoms with van der Waals surface area (Å²) in [5.41, 5.74) is 0.150. The van der Waals surface area contributed by atoms with Crippen LogP contribution in [0.3, 0.4) is 0 Å². The highest BCUT2D eigenvalue weighted by atomic mass is 16.5. The van der Waals surface area contributed by atoms with Crippen LogP contribution in [0.2, 0.25) is 0 Å². The molecule has 0 unspecified atom stereocenters. The van der Waals surface area contributed by atoms with Gasteiger partial charge in [0.25, 0.3) is 0 Å². The van der Waals surface area contributed by atoms with Crippen LogP contribution in [-0.4, -0.2) is 35.1 Å². The topological polar surface area (TPSA) is 97.6 Å². The molecule has 8 nitrogen and oxygen atoms in total. The predicted molar refractivity (Wildman–Crippen MR) is 110 cm³/mol. The molecule has 0 saturated heterocycles. The summed E-state index contributed by atoms with van der Waals surface area (Å²) in [5, 5.41) is 7.27. The molecule has 8 heteroatoms. The third-order valence-electron chi connectivity index (χ3n) is 5.89. The predicted octanol–water partition coefficient (Wildman–Crippen LogP) is 3.25. The molecule has 2 aromatic rings. The van der Waals surface area contributed by atoms with Gasteiger partial charge in [0.1, 0.15) is 17.9 Å². The number of para-hydroxylation sites is 2. The Kier molecular flexibility index (Phi) is 6.01. The van der Waals surface area contributed by atoms with Crippen LogP contribution in [0, 0.1) is 6.92 Å². The second-order valence-electron chi connectivity index (χ2n) is 8.04. The average Bonchev–Trinajstić information content (AvgIpc) is 3.07. The Morgan fingerprint density at radius 2 is 1.90 bits per heavy atom. The average molecular weight is 412 g/mol. The summed E-state index contributed by atoms with van der Waals surface area (Å²) in [7, 11) is 0. The minimum Gasteiger partial charge on any atom is -0.490 e. The van der Waals surface area contributed by atoms with Crippen molar-refractivity contribution in [2.24, 2.45) is 0 Å². The molecule has 1 aromatic heterocycles. The van der Waals surface area contributed by atoms with Crippen LogP contribution in [0.1, 0.15) is 63.1 Å². The van der Waals surface area contributed by atoms with E-state index in [1.807, 2.05) is 24.3 Å². The monoisotopic (exact) mass is 412 g/mol. The van der Waals surface area contributed by atoms with Crippen molar-refractivity contribution < 1.29 is 18.8 Å². The van der Waals surface area contributed by atoms with Gasteiger partial charge in [0.2, 0.25) is 17.7 Å². The molecule has 0 spiro atoms. The van der Waals surface area contributed by atoms with Crippen molar-refractivity contribution in [3.8, 4) is 5.75 Å². The summed E-state index contributed by atoms with van der Waals surface area (Å²) in [6, 6.07) is 7.48. The summed E-state index contributed by atoms with van der Waals surface area (Å²) in [6.45, 7) is 2.69. The Balaban J connectivity index is 1.41. The lowest BCUT2D eigenvalue weighted by atomic mass is 9.89. The highest BCUT2D eigenvalue weighted by Crippen LogP contribution is 2.35. The Morgan fingerprint density at radius 3 is 2.63 bits per heavy atom. The lowest BCUT2D eigenvalue weighted by Gasteiger charge is -2.31. The number of aromatic nitrogens is 2. The molecule has 160 valence electrons. The van der Waals surface area contributed by atoms with Gasteiger partial charge in [-0.25, -0.2) is 0 Å². The number of amides is 2. The zero-order valence-electron chi connectivity index (χ0n) is 17.4. The Hall–Kier alpha value is -2.90. The summed E-state index contributed by atoms with van der Waals surface area (Å²) in [6.07, 6.45) is 6.07. The third kappa shape index (κ3) is 4.32. The molecule has 1 N–H and O–H groups in total. The van der Waals surface area contributed by atoms with Gasteiger partial charge in [0.15, 0.2) is 5.82 Å². The maximum atomic E-state index is 12.8. The van der Waals surface area contributed by atoms with Crippen LogP contribution >= 0.6 is 0 Å². The molecule has 2 heterocycles. The minimum atomic E-state index is -0.611. The molecule has 0 radical (unpaired) electrons. The van der Waals surface area contributed by atoms with Gasteiger partial charge in [-0.05, 0) is 25.0 Å². The number of carbonyl (C=O) groups is 2. The zero-order valence-corrected chi connectivity index (χ0v) is 17.4.